The zero-order valence-corrected chi connectivity index (χ0v) is 15.3. The normalized spacial score (nSPS) is 15.4. The van der Waals surface area contributed by atoms with E-state index in [1.165, 1.54) is 11.5 Å². The summed E-state index contributed by atoms with van der Waals surface area (Å²) < 4.78 is 3.97. The molecule has 0 spiro atoms. The van der Waals surface area contributed by atoms with Gasteiger partial charge in [-0.2, -0.15) is 0 Å². The molecule has 1 saturated heterocycles. The fourth-order valence-corrected chi connectivity index (χ4v) is 3.67. The van der Waals surface area contributed by atoms with E-state index >= 15 is 0 Å². The molecular formula is C18H22N4O2S. The van der Waals surface area contributed by atoms with Crippen molar-refractivity contribution in [2.45, 2.75) is 32.7 Å². The van der Waals surface area contributed by atoms with Crippen molar-refractivity contribution >= 4 is 23.3 Å². The van der Waals surface area contributed by atoms with Crippen molar-refractivity contribution in [2.24, 2.45) is 5.92 Å². The Balaban J connectivity index is 1.66. The van der Waals surface area contributed by atoms with Gasteiger partial charge < -0.3 is 10.2 Å². The number of amides is 2. The van der Waals surface area contributed by atoms with E-state index in [9.17, 15) is 9.59 Å². The molecule has 0 atom stereocenters. The predicted molar refractivity (Wildman–Crippen MR) is 97.3 cm³/mol. The van der Waals surface area contributed by atoms with Crippen LogP contribution in [0.3, 0.4) is 0 Å². The van der Waals surface area contributed by atoms with Gasteiger partial charge in [0.1, 0.15) is 0 Å². The second-order valence-electron chi connectivity index (χ2n) is 6.55. The number of carbonyl (C=O) groups is 2. The van der Waals surface area contributed by atoms with Gasteiger partial charge in [-0.3, -0.25) is 9.59 Å². The number of rotatable bonds is 4. The van der Waals surface area contributed by atoms with E-state index in [1.807, 2.05) is 44.2 Å². The molecule has 7 heteroatoms. The summed E-state index contributed by atoms with van der Waals surface area (Å²) in [5.41, 5.74) is 1.35. The number of hydrogen-bond acceptors (Lipinski definition) is 5. The van der Waals surface area contributed by atoms with Crippen LogP contribution < -0.4 is 5.32 Å². The van der Waals surface area contributed by atoms with Gasteiger partial charge in [0, 0.05) is 25.0 Å². The molecule has 2 heterocycles. The van der Waals surface area contributed by atoms with Gasteiger partial charge in [-0.25, -0.2) is 0 Å². The summed E-state index contributed by atoms with van der Waals surface area (Å²) in [6, 6.07) is 9.85. The average Bonchev–Trinajstić information content (AvgIpc) is 3.11. The second-order valence-corrected chi connectivity index (χ2v) is 7.30. The van der Waals surface area contributed by atoms with Gasteiger partial charge in [0.2, 0.25) is 5.91 Å². The number of aromatic nitrogens is 2. The molecule has 1 aromatic heterocycles. The largest absolute Gasteiger partial charge is 0.354 e. The highest BCUT2D eigenvalue weighted by molar-refractivity contribution is 7.09. The maximum absolute atomic E-state index is 12.8. The summed E-state index contributed by atoms with van der Waals surface area (Å²) in [5.74, 6) is -0.0358. The van der Waals surface area contributed by atoms with Crippen LogP contribution in [0, 0.1) is 5.92 Å². The molecule has 0 unspecified atom stereocenters. The lowest BCUT2D eigenvalue weighted by Crippen LogP contribution is -2.44. The molecule has 0 saturated carbocycles. The Morgan fingerprint density at radius 3 is 2.52 bits per heavy atom. The number of piperidine rings is 1. The second kappa shape index (κ2) is 7.74. The number of likely N-dealkylation sites (tertiary alicyclic amines) is 1. The van der Waals surface area contributed by atoms with Crippen LogP contribution in [0.15, 0.2) is 30.3 Å². The predicted octanol–water partition coefficient (Wildman–Crippen LogP) is 2.58. The third-order valence-corrected chi connectivity index (χ3v) is 5.09. The van der Waals surface area contributed by atoms with Crippen LogP contribution in [-0.4, -0.2) is 45.4 Å². The molecular weight excluding hydrogens is 336 g/mol. The fraction of sp³-hybridized carbons (Fsp3) is 0.444. The lowest BCUT2D eigenvalue weighted by molar-refractivity contribution is -0.126. The summed E-state index contributed by atoms with van der Waals surface area (Å²) in [4.78, 5) is 27.5. The molecule has 2 aromatic rings. The topological polar surface area (TPSA) is 75.2 Å². The Morgan fingerprint density at radius 2 is 1.88 bits per heavy atom. The van der Waals surface area contributed by atoms with Crippen molar-refractivity contribution in [2.75, 3.05) is 13.1 Å². The van der Waals surface area contributed by atoms with E-state index in [-0.39, 0.29) is 23.8 Å². The van der Waals surface area contributed by atoms with Gasteiger partial charge in [-0.1, -0.05) is 34.8 Å². The standard InChI is InChI=1S/C18H22N4O2S/c1-12(2)19-17(23)14-8-10-22(11-9-14)18(24)15-16(25-21-20-15)13-6-4-3-5-7-13/h3-7,12,14H,8-11H2,1-2H3,(H,19,23). The quantitative estimate of drug-likeness (QED) is 0.911. The van der Waals surface area contributed by atoms with Gasteiger partial charge >= 0.3 is 0 Å². The van der Waals surface area contributed by atoms with Gasteiger partial charge in [-0.05, 0) is 43.8 Å². The summed E-state index contributed by atoms with van der Waals surface area (Å²) >= 11 is 1.23. The molecule has 6 nitrogen and oxygen atoms in total. The molecule has 132 valence electrons. The average molecular weight is 358 g/mol. The lowest BCUT2D eigenvalue weighted by Gasteiger charge is -2.31. The van der Waals surface area contributed by atoms with Crippen molar-refractivity contribution in [3.8, 4) is 10.4 Å². The van der Waals surface area contributed by atoms with Crippen LogP contribution in [0.5, 0.6) is 0 Å². The molecule has 1 aliphatic rings. The Hall–Kier alpha value is -2.28. The Labute approximate surface area is 151 Å². The molecule has 1 fully saturated rings. The molecule has 0 radical (unpaired) electrons. The third-order valence-electron chi connectivity index (χ3n) is 4.31. The fourth-order valence-electron chi connectivity index (χ4n) is 3.01. The van der Waals surface area contributed by atoms with Gasteiger partial charge in [-0.15, -0.1) is 5.10 Å². The van der Waals surface area contributed by atoms with Crippen molar-refractivity contribution in [1.82, 2.24) is 19.8 Å². The van der Waals surface area contributed by atoms with Crippen LogP contribution in [0.1, 0.15) is 37.2 Å². The molecule has 1 aliphatic heterocycles. The summed E-state index contributed by atoms with van der Waals surface area (Å²) in [5, 5.41) is 7.01. The summed E-state index contributed by atoms with van der Waals surface area (Å²) in [6.07, 6.45) is 1.37. The van der Waals surface area contributed by atoms with E-state index in [0.29, 0.717) is 31.6 Å². The van der Waals surface area contributed by atoms with E-state index in [2.05, 4.69) is 14.9 Å². The smallest absolute Gasteiger partial charge is 0.275 e. The third kappa shape index (κ3) is 4.04. The van der Waals surface area contributed by atoms with Crippen LogP contribution in [-0.2, 0) is 4.79 Å². The summed E-state index contributed by atoms with van der Waals surface area (Å²) in [6.45, 7) is 5.05. The molecule has 1 N–H and O–H groups in total. The molecule has 25 heavy (non-hydrogen) atoms. The highest BCUT2D eigenvalue weighted by Gasteiger charge is 2.30. The van der Waals surface area contributed by atoms with Crippen molar-refractivity contribution < 1.29 is 9.59 Å². The highest BCUT2D eigenvalue weighted by atomic mass is 32.1. The minimum Gasteiger partial charge on any atom is -0.354 e. The van der Waals surface area contributed by atoms with Crippen LogP contribution in [0.4, 0.5) is 0 Å². The maximum Gasteiger partial charge on any atom is 0.275 e. The highest BCUT2D eigenvalue weighted by Crippen LogP contribution is 2.28. The first-order valence-electron chi connectivity index (χ1n) is 8.53. The van der Waals surface area contributed by atoms with Crippen molar-refractivity contribution in [1.29, 1.82) is 0 Å². The van der Waals surface area contributed by atoms with E-state index in [1.54, 1.807) is 4.90 Å². The molecule has 0 bridgehead atoms. The van der Waals surface area contributed by atoms with Gasteiger partial charge in [0.05, 0.1) is 4.88 Å². The van der Waals surface area contributed by atoms with E-state index in [0.717, 1.165) is 10.4 Å². The molecule has 3 rings (SSSR count). The molecule has 0 aliphatic carbocycles. The SMILES string of the molecule is CC(C)NC(=O)C1CCN(C(=O)c2nnsc2-c2ccccc2)CC1. The molecule has 2 amide bonds. The van der Waals surface area contributed by atoms with Crippen LogP contribution in [0.2, 0.25) is 0 Å². The van der Waals surface area contributed by atoms with Gasteiger partial charge in [0.25, 0.3) is 5.91 Å². The summed E-state index contributed by atoms with van der Waals surface area (Å²) in [7, 11) is 0. The maximum atomic E-state index is 12.8. The van der Waals surface area contributed by atoms with E-state index < -0.39 is 0 Å². The lowest BCUT2D eigenvalue weighted by atomic mass is 9.95. The number of nitrogens with one attached hydrogen (secondary N) is 1. The van der Waals surface area contributed by atoms with Gasteiger partial charge in [0.15, 0.2) is 5.69 Å². The monoisotopic (exact) mass is 358 g/mol. The number of nitrogens with zero attached hydrogens (tertiary/aromatic N) is 3. The Kier molecular flexibility index (Phi) is 5.43. The van der Waals surface area contributed by atoms with Crippen LogP contribution >= 0.6 is 11.5 Å². The van der Waals surface area contributed by atoms with Crippen LogP contribution in [0.25, 0.3) is 10.4 Å². The zero-order chi connectivity index (χ0) is 17.8. The zero-order valence-electron chi connectivity index (χ0n) is 14.4. The number of hydrogen-bond donors (Lipinski definition) is 1. The Morgan fingerprint density at radius 1 is 1.20 bits per heavy atom. The Bertz CT molecular complexity index is 737. The minimum absolute atomic E-state index is 0.0198. The van der Waals surface area contributed by atoms with Crippen molar-refractivity contribution in [3.05, 3.63) is 36.0 Å². The first-order valence-corrected chi connectivity index (χ1v) is 9.31. The number of carbonyl (C=O) groups excluding carboxylic acids is 2. The molecule has 1 aromatic carbocycles. The first-order chi connectivity index (χ1) is 12.1. The van der Waals surface area contributed by atoms with E-state index in [4.69, 9.17) is 0 Å². The minimum atomic E-state index is -0.102. The van der Waals surface area contributed by atoms with Crippen molar-refractivity contribution in [3.63, 3.8) is 0 Å². The first kappa shape index (κ1) is 17.5. The number of benzene rings is 1.